The number of piperidine rings is 1. The summed E-state index contributed by atoms with van der Waals surface area (Å²) in [5.74, 6) is 0.659. The van der Waals surface area contributed by atoms with E-state index in [-0.39, 0.29) is 6.04 Å². The van der Waals surface area contributed by atoms with Gasteiger partial charge in [-0.1, -0.05) is 11.6 Å². The van der Waals surface area contributed by atoms with Crippen LogP contribution in [-0.4, -0.2) is 52.0 Å². The summed E-state index contributed by atoms with van der Waals surface area (Å²) in [6.07, 6.45) is 1.59. The number of nitrogens with one attached hydrogen (secondary N) is 1. The molecule has 1 aromatic rings. The summed E-state index contributed by atoms with van der Waals surface area (Å²) >= 11 is 6.08. The van der Waals surface area contributed by atoms with Crippen molar-refractivity contribution in [3.05, 3.63) is 16.3 Å². The van der Waals surface area contributed by atoms with Gasteiger partial charge in [-0.25, -0.2) is 4.79 Å². The molecule has 0 spiro atoms. The second-order valence-corrected chi connectivity index (χ2v) is 5.67. The number of amides is 1. The van der Waals surface area contributed by atoms with E-state index in [4.69, 9.17) is 21.4 Å². The molecule has 2 N–H and O–H groups in total. The van der Waals surface area contributed by atoms with E-state index in [0.717, 1.165) is 30.4 Å². The quantitative estimate of drug-likeness (QED) is 0.865. The molecule has 0 unspecified atom stereocenters. The fourth-order valence-electron chi connectivity index (χ4n) is 2.82. The number of carbonyl (C=O) groups is 1. The van der Waals surface area contributed by atoms with Crippen molar-refractivity contribution < 1.29 is 14.6 Å². The summed E-state index contributed by atoms with van der Waals surface area (Å²) in [6, 6.07) is 0.0383. The van der Waals surface area contributed by atoms with Crippen LogP contribution in [0.5, 0.6) is 0 Å². The molecule has 8 heteroatoms. The Morgan fingerprint density at radius 3 is 3.10 bits per heavy atom. The second-order valence-electron chi connectivity index (χ2n) is 5.31. The predicted molar refractivity (Wildman–Crippen MR) is 76.6 cm³/mol. The molecule has 21 heavy (non-hydrogen) atoms. The fraction of sp³-hybridized carbons (Fsp3) is 0.615. The molecule has 3 heterocycles. The first-order valence-electron chi connectivity index (χ1n) is 7.01. The Hall–Kier alpha value is -1.60. The highest BCUT2D eigenvalue weighted by molar-refractivity contribution is 6.30. The normalized spacial score (nSPS) is 21.8. The molecule has 0 bridgehead atoms. The van der Waals surface area contributed by atoms with E-state index in [1.807, 2.05) is 0 Å². The van der Waals surface area contributed by atoms with Crippen molar-refractivity contribution in [3.8, 4) is 0 Å². The third-order valence-corrected chi connectivity index (χ3v) is 4.22. The summed E-state index contributed by atoms with van der Waals surface area (Å²) < 4.78 is 5.47. The lowest BCUT2D eigenvalue weighted by atomic mass is 10.0. The van der Waals surface area contributed by atoms with Gasteiger partial charge in [0, 0.05) is 30.3 Å². The van der Waals surface area contributed by atoms with Crippen molar-refractivity contribution in [1.29, 1.82) is 0 Å². The molecule has 2 aliphatic heterocycles. The Labute approximate surface area is 127 Å². The van der Waals surface area contributed by atoms with Gasteiger partial charge in [-0.3, -0.25) is 0 Å². The maximum Gasteiger partial charge on any atom is 0.407 e. The smallest absolute Gasteiger partial charge is 0.407 e. The van der Waals surface area contributed by atoms with Crippen molar-refractivity contribution in [2.75, 3.05) is 25.0 Å². The van der Waals surface area contributed by atoms with Gasteiger partial charge in [0.15, 0.2) is 11.0 Å². The number of carboxylic acid groups (broad SMARTS) is 1. The monoisotopic (exact) mass is 312 g/mol. The van der Waals surface area contributed by atoms with Crippen LogP contribution < -0.4 is 5.32 Å². The Kier molecular flexibility index (Phi) is 4.12. The molecule has 0 saturated carbocycles. The van der Waals surface area contributed by atoms with Gasteiger partial charge in [0.2, 0.25) is 0 Å². The molecular formula is C13H17ClN4O3. The zero-order valence-electron chi connectivity index (χ0n) is 11.5. The predicted octanol–water partition coefficient (Wildman–Crippen LogP) is 1.76. The van der Waals surface area contributed by atoms with Gasteiger partial charge in [-0.05, 0) is 19.3 Å². The van der Waals surface area contributed by atoms with Crippen LogP contribution in [0.15, 0.2) is 0 Å². The molecule has 0 aliphatic carbocycles. The Morgan fingerprint density at radius 1 is 1.43 bits per heavy atom. The van der Waals surface area contributed by atoms with Crippen LogP contribution in [0.25, 0.3) is 0 Å². The highest BCUT2D eigenvalue weighted by Gasteiger charge is 2.26. The van der Waals surface area contributed by atoms with Crippen molar-refractivity contribution in [2.24, 2.45) is 0 Å². The van der Waals surface area contributed by atoms with Crippen molar-refractivity contribution in [2.45, 2.75) is 31.9 Å². The first-order chi connectivity index (χ1) is 10.1. The van der Waals surface area contributed by atoms with E-state index in [0.29, 0.717) is 37.3 Å². The van der Waals surface area contributed by atoms with Gasteiger partial charge in [0.1, 0.15) is 0 Å². The first-order valence-corrected chi connectivity index (χ1v) is 7.39. The Morgan fingerprint density at radius 2 is 2.29 bits per heavy atom. The lowest BCUT2D eigenvalue weighted by molar-refractivity contribution is 0.110. The van der Waals surface area contributed by atoms with Gasteiger partial charge >= 0.3 is 6.09 Å². The van der Waals surface area contributed by atoms with Crippen LogP contribution in [0, 0.1) is 0 Å². The summed E-state index contributed by atoms with van der Waals surface area (Å²) in [4.78, 5) is 12.5. The SMILES string of the molecule is O=C(O)N1CCC[C@@H](Nc2nnc(Cl)c3c2COCC3)C1. The molecule has 1 saturated heterocycles. The molecule has 114 valence electrons. The lowest BCUT2D eigenvalue weighted by Crippen LogP contribution is -2.44. The average Bonchev–Trinajstić information content (AvgIpc) is 2.51. The number of fused-ring (bicyclic) bond motifs is 1. The molecule has 1 atom stereocenters. The summed E-state index contributed by atoms with van der Waals surface area (Å²) in [7, 11) is 0. The van der Waals surface area contributed by atoms with Gasteiger partial charge in [-0.15, -0.1) is 10.2 Å². The maximum absolute atomic E-state index is 11.1. The van der Waals surface area contributed by atoms with Crippen LogP contribution in [-0.2, 0) is 17.8 Å². The number of hydrogen-bond donors (Lipinski definition) is 2. The van der Waals surface area contributed by atoms with Crippen LogP contribution >= 0.6 is 11.6 Å². The number of aromatic nitrogens is 2. The van der Waals surface area contributed by atoms with E-state index < -0.39 is 6.09 Å². The number of likely N-dealkylation sites (tertiary alicyclic amines) is 1. The van der Waals surface area contributed by atoms with Gasteiger partial charge < -0.3 is 20.1 Å². The van der Waals surface area contributed by atoms with Crippen LogP contribution in [0.4, 0.5) is 10.6 Å². The molecule has 1 aromatic heterocycles. The van der Waals surface area contributed by atoms with E-state index in [9.17, 15) is 4.79 Å². The molecular weight excluding hydrogens is 296 g/mol. The minimum absolute atomic E-state index is 0.0383. The van der Waals surface area contributed by atoms with Crippen LogP contribution in [0.3, 0.4) is 0 Å². The molecule has 0 radical (unpaired) electrons. The first kappa shape index (κ1) is 14.3. The molecule has 1 fully saturated rings. The van der Waals surface area contributed by atoms with E-state index >= 15 is 0 Å². The van der Waals surface area contributed by atoms with Crippen LogP contribution in [0.2, 0.25) is 5.15 Å². The third-order valence-electron chi connectivity index (χ3n) is 3.91. The zero-order chi connectivity index (χ0) is 14.8. The number of halogens is 1. The fourth-order valence-corrected chi connectivity index (χ4v) is 3.06. The van der Waals surface area contributed by atoms with Crippen molar-refractivity contribution in [3.63, 3.8) is 0 Å². The lowest BCUT2D eigenvalue weighted by Gasteiger charge is -2.32. The number of nitrogens with zero attached hydrogens (tertiary/aromatic N) is 3. The number of hydrogen-bond acceptors (Lipinski definition) is 5. The summed E-state index contributed by atoms with van der Waals surface area (Å²) in [5.41, 5.74) is 1.92. The van der Waals surface area contributed by atoms with E-state index in [1.165, 1.54) is 4.90 Å². The number of anilines is 1. The number of rotatable bonds is 2. The largest absolute Gasteiger partial charge is 0.465 e. The minimum atomic E-state index is -0.881. The third kappa shape index (κ3) is 3.03. The summed E-state index contributed by atoms with van der Waals surface area (Å²) in [5, 5.41) is 20.9. The highest BCUT2D eigenvalue weighted by Crippen LogP contribution is 2.28. The number of ether oxygens (including phenoxy) is 1. The Bertz CT molecular complexity index is 554. The van der Waals surface area contributed by atoms with Crippen LogP contribution in [0.1, 0.15) is 24.0 Å². The molecule has 2 aliphatic rings. The second kappa shape index (κ2) is 6.03. The van der Waals surface area contributed by atoms with Gasteiger partial charge in [-0.2, -0.15) is 0 Å². The molecule has 0 aromatic carbocycles. The van der Waals surface area contributed by atoms with Gasteiger partial charge in [0.25, 0.3) is 0 Å². The zero-order valence-corrected chi connectivity index (χ0v) is 12.3. The summed E-state index contributed by atoms with van der Waals surface area (Å²) in [6.45, 7) is 2.13. The molecule has 7 nitrogen and oxygen atoms in total. The topological polar surface area (TPSA) is 87.6 Å². The van der Waals surface area contributed by atoms with Crippen molar-refractivity contribution >= 4 is 23.5 Å². The maximum atomic E-state index is 11.1. The molecule has 1 amide bonds. The van der Waals surface area contributed by atoms with E-state index in [2.05, 4.69) is 15.5 Å². The standard InChI is InChI=1S/C13H17ClN4O3/c14-11-9-3-5-21-7-10(9)12(17-16-11)15-8-2-1-4-18(6-8)13(19)20/h8H,1-7H2,(H,15,17)(H,19,20)/t8-/m1/s1. The Balaban J connectivity index is 1.77. The average molecular weight is 313 g/mol. The van der Waals surface area contributed by atoms with Gasteiger partial charge in [0.05, 0.1) is 13.2 Å². The highest BCUT2D eigenvalue weighted by atomic mass is 35.5. The molecule has 3 rings (SSSR count). The van der Waals surface area contributed by atoms with E-state index in [1.54, 1.807) is 0 Å². The van der Waals surface area contributed by atoms with Crippen molar-refractivity contribution in [1.82, 2.24) is 15.1 Å². The minimum Gasteiger partial charge on any atom is -0.465 e.